The van der Waals surface area contributed by atoms with Gasteiger partial charge in [-0.15, -0.1) is 0 Å². The molecular formula is C13H25N3OS. The number of thiocarbonyl (C=S) groups is 1. The van der Waals surface area contributed by atoms with E-state index in [9.17, 15) is 4.79 Å². The topological polar surface area (TPSA) is 58.4 Å². The van der Waals surface area contributed by atoms with Crippen molar-refractivity contribution in [3.63, 3.8) is 0 Å². The number of carbonyl (C=O) groups excluding carboxylic acids is 1. The van der Waals surface area contributed by atoms with Crippen LogP contribution in [0.3, 0.4) is 0 Å². The smallest absolute Gasteiger partial charge is 0.230 e. The van der Waals surface area contributed by atoms with E-state index in [0.717, 1.165) is 32.2 Å². The molecule has 1 heterocycles. The Hall–Kier alpha value is -0.680. The first kappa shape index (κ1) is 15.4. The summed E-state index contributed by atoms with van der Waals surface area (Å²) >= 11 is 4.98. The molecular weight excluding hydrogens is 246 g/mol. The van der Waals surface area contributed by atoms with E-state index in [1.807, 2.05) is 6.92 Å². The number of amides is 1. The molecule has 1 fully saturated rings. The molecule has 0 aromatic heterocycles. The molecule has 1 rings (SSSR count). The molecule has 0 saturated carbocycles. The minimum absolute atomic E-state index is 0.00565. The van der Waals surface area contributed by atoms with Crippen LogP contribution in [-0.2, 0) is 4.79 Å². The maximum absolute atomic E-state index is 12.1. The van der Waals surface area contributed by atoms with E-state index in [1.165, 1.54) is 0 Å². The van der Waals surface area contributed by atoms with Gasteiger partial charge >= 0.3 is 0 Å². The van der Waals surface area contributed by atoms with Crippen molar-refractivity contribution >= 4 is 23.1 Å². The van der Waals surface area contributed by atoms with Crippen molar-refractivity contribution in [2.75, 3.05) is 13.6 Å². The molecule has 0 bridgehead atoms. The third kappa shape index (κ3) is 4.21. The highest BCUT2D eigenvalue weighted by Crippen LogP contribution is 2.16. The number of hydrogen-bond acceptors (Lipinski definition) is 3. The Labute approximate surface area is 115 Å². The van der Waals surface area contributed by atoms with Crippen molar-refractivity contribution in [3.05, 3.63) is 0 Å². The SMILES string of the molecule is CCCC(C(=O)NC1CCN(C)C(C)C1)C(N)=S. The van der Waals surface area contributed by atoms with Crippen LogP contribution < -0.4 is 11.1 Å². The van der Waals surface area contributed by atoms with E-state index in [0.29, 0.717) is 11.0 Å². The van der Waals surface area contributed by atoms with Gasteiger partial charge in [-0.05, 0) is 33.2 Å². The highest BCUT2D eigenvalue weighted by atomic mass is 32.1. The average molecular weight is 271 g/mol. The molecule has 104 valence electrons. The second-order valence-corrected chi connectivity index (χ2v) is 5.77. The molecule has 0 spiro atoms. The maximum atomic E-state index is 12.1. The van der Waals surface area contributed by atoms with Crippen molar-refractivity contribution in [1.82, 2.24) is 10.2 Å². The Morgan fingerprint density at radius 1 is 1.61 bits per heavy atom. The standard InChI is InChI=1S/C13H25N3OS/c1-4-5-11(12(14)18)13(17)15-10-6-7-16(3)9(2)8-10/h9-11H,4-8H2,1-3H3,(H2,14,18)(H,15,17). The summed E-state index contributed by atoms with van der Waals surface area (Å²) in [6, 6.07) is 0.774. The van der Waals surface area contributed by atoms with Gasteiger partial charge in [-0.2, -0.15) is 0 Å². The molecule has 1 saturated heterocycles. The Kier molecular flexibility index (Phi) is 6.02. The maximum Gasteiger partial charge on any atom is 0.230 e. The van der Waals surface area contributed by atoms with Crippen LogP contribution >= 0.6 is 12.2 Å². The Morgan fingerprint density at radius 3 is 2.78 bits per heavy atom. The van der Waals surface area contributed by atoms with Gasteiger partial charge in [-0.1, -0.05) is 25.6 Å². The lowest BCUT2D eigenvalue weighted by Gasteiger charge is -2.35. The van der Waals surface area contributed by atoms with Gasteiger partial charge in [0.1, 0.15) is 0 Å². The fourth-order valence-corrected chi connectivity index (χ4v) is 2.64. The van der Waals surface area contributed by atoms with Crippen LogP contribution in [0.1, 0.15) is 39.5 Å². The first-order valence-corrected chi connectivity index (χ1v) is 7.16. The van der Waals surface area contributed by atoms with E-state index >= 15 is 0 Å². The number of carbonyl (C=O) groups is 1. The van der Waals surface area contributed by atoms with Crippen molar-refractivity contribution < 1.29 is 4.79 Å². The van der Waals surface area contributed by atoms with Crippen LogP contribution in [0, 0.1) is 5.92 Å². The summed E-state index contributed by atoms with van der Waals surface area (Å²) in [5, 5.41) is 3.10. The summed E-state index contributed by atoms with van der Waals surface area (Å²) in [5.74, 6) is -0.300. The summed E-state index contributed by atoms with van der Waals surface area (Å²) in [5.41, 5.74) is 5.64. The van der Waals surface area contributed by atoms with Crippen LogP contribution in [0.5, 0.6) is 0 Å². The predicted molar refractivity (Wildman–Crippen MR) is 78.4 cm³/mol. The lowest BCUT2D eigenvalue weighted by molar-refractivity contribution is -0.124. The first-order chi connectivity index (χ1) is 8.45. The van der Waals surface area contributed by atoms with E-state index in [2.05, 4.69) is 24.2 Å². The second kappa shape index (κ2) is 7.04. The number of piperidine rings is 1. The molecule has 3 atom stereocenters. The van der Waals surface area contributed by atoms with E-state index < -0.39 is 0 Å². The van der Waals surface area contributed by atoms with Crippen molar-refractivity contribution in [3.8, 4) is 0 Å². The summed E-state index contributed by atoms with van der Waals surface area (Å²) in [6.07, 6.45) is 3.66. The molecule has 0 aromatic rings. The van der Waals surface area contributed by atoms with Crippen LogP contribution in [0.15, 0.2) is 0 Å². The average Bonchev–Trinajstić information content (AvgIpc) is 2.30. The molecule has 1 aliphatic rings. The zero-order valence-electron chi connectivity index (χ0n) is 11.6. The molecule has 5 heteroatoms. The molecule has 18 heavy (non-hydrogen) atoms. The quantitative estimate of drug-likeness (QED) is 0.740. The highest BCUT2D eigenvalue weighted by Gasteiger charge is 2.27. The van der Waals surface area contributed by atoms with Gasteiger partial charge in [0.2, 0.25) is 5.91 Å². The van der Waals surface area contributed by atoms with E-state index in [1.54, 1.807) is 0 Å². The third-order valence-corrected chi connectivity index (χ3v) is 4.08. The number of likely N-dealkylation sites (tertiary alicyclic amines) is 1. The summed E-state index contributed by atoms with van der Waals surface area (Å²) in [4.78, 5) is 14.8. The Morgan fingerprint density at radius 2 is 2.28 bits per heavy atom. The molecule has 1 aliphatic heterocycles. The molecule has 3 unspecified atom stereocenters. The van der Waals surface area contributed by atoms with Gasteiger partial charge in [0.25, 0.3) is 0 Å². The largest absolute Gasteiger partial charge is 0.393 e. The third-order valence-electron chi connectivity index (χ3n) is 3.79. The lowest BCUT2D eigenvalue weighted by Crippen LogP contribution is -2.49. The molecule has 0 aliphatic carbocycles. The zero-order valence-corrected chi connectivity index (χ0v) is 12.4. The normalized spacial score (nSPS) is 26.6. The van der Waals surface area contributed by atoms with Crippen LogP contribution in [-0.4, -0.2) is 41.5 Å². The molecule has 1 amide bonds. The lowest BCUT2D eigenvalue weighted by atomic mass is 9.97. The summed E-state index contributed by atoms with van der Waals surface area (Å²) < 4.78 is 0. The van der Waals surface area contributed by atoms with Gasteiger partial charge in [-0.25, -0.2) is 0 Å². The van der Waals surface area contributed by atoms with Crippen molar-refractivity contribution in [2.45, 2.75) is 51.6 Å². The second-order valence-electron chi connectivity index (χ2n) is 5.30. The number of nitrogens with zero attached hydrogens (tertiary/aromatic N) is 1. The fourth-order valence-electron chi connectivity index (χ4n) is 2.41. The molecule has 0 aromatic carbocycles. The van der Waals surface area contributed by atoms with Crippen molar-refractivity contribution in [1.29, 1.82) is 0 Å². The number of nitrogens with one attached hydrogen (secondary N) is 1. The highest BCUT2D eigenvalue weighted by molar-refractivity contribution is 7.80. The van der Waals surface area contributed by atoms with Gasteiger partial charge in [0.05, 0.1) is 10.9 Å². The van der Waals surface area contributed by atoms with Crippen LogP contribution in [0.25, 0.3) is 0 Å². The first-order valence-electron chi connectivity index (χ1n) is 6.75. The zero-order chi connectivity index (χ0) is 13.7. The molecule has 4 nitrogen and oxygen atoms in total. The fraction of sp³-hybridized carbons (Fsp3) is 0.846. The van der Waals surface area contributed by atoms with Gasteiger partial charge < -0.3 is 16.0 Å². The number of hydrogen-bond donors (Lipinski definition) is 2. The number of rotatable bonds is 5. The molecule has 0 radical (unpaired) electrons. The Balaban J connectivity index is 2.50. The summed E-state index contributed by atoms with van der Waals surface area (Å²) in [6.45, 7) is 5.25. The minimum Gasteiger partial charge on any atom is -0.393 e. The van der Waals surface area contributed by atoms with Gasteiger partial charge in [-0.3, -0.25) is 4.79 Å². The minimum atomic E-state index is -0.306. The van der Waals surface area contributed by atoms with Crippen LogP contribution in [0.2, 0.25) is 0 Å². The van der Waals surface area contributed by atoms with Gasteiger partial charge in [0.15, 0.2) is 0 Å². The molecule has 3 N–H and O–H groups in total. The van der Waals surface area contributed by atoms with Gasteiger partial charge in [0, 0.05) is 18.6 Å². The van der Waals surface area contributed by atoms with Crippen LogP contribution in [0.4, 0.5) is 0 Å². The van der Waals surface area contributed by atoms with E-state index in [4.69, 9.17) is 18.0 Å². The predicted octanol–water partition coefficient (Wildman–Crippen LogP) is 1.29. The van der Waals surface area contributed by atoms with Crippen molar-refractivity contribution in [2.24, 2.45) is 11.7 Å². The Bertz CT molecular complexity index is 309. The van der Waals surface area contributed by atoms with E-state index in [-0.39, 0.29) is 17.9 Å². The summed E-state index contributed by atoms with van der Waals surface area (Å²) in [7, 11) is 2.12. The monoisotopic (exact) mass is 271 g/mol. The number of nitrogens with two attached hydrogens (primary N) is 1.